The SMILES string of the molecule is CC(C)(C)OC(=O)NC1CCC[C@@H]1c1nc2ccc(-c3ccc(-c4ccc5c(c4)CCc4[nH]c(C6CCCN6C(=O)OC(C)(C)C)nc4-5)cc3)cc2[nH]1. The second kappa shape index (κ2) is 13.4. The molecule has 2 amide bonds. The lowest BCUT2D eigenvalue weighted by molar-refractivity contribution is 0.0218. The lowest BCUT2D eigenvalue weighted by atomic mass is 9.89. The molecule has 53 heavy (non-hydrogen) atoms. The van der Waals surface area contributed by atoms with Crippen LogP contribution in [0.5, 0.6) is 0 Å². The maximum Gasteiger partial charge on any atom is 0.410 e. The molecule has 10 nitrogen and oxygen atoms in total. The Morgan fingerprint density at radius 3 is 2.19 bits per heavy atom. The second-order valence-corrected chi connectivity index (χ2v) is 16.9. The number of aromatic amines is 2. The normalized spacial score (nSPS) is 20.0. The van der Waals surface area contributed by atoms with Crippen LogP contribution in [0.1, 0.15) is 109 Å². The standard InChI is InChI=1S/C43H50N6O4/c1-42(2,3)52-40(50)47-32-10-7-9-31(32)38-44-33-20-17-28(24-35(33)46-38)26-14-12-25(13-15-26)27-16-19-30-29(23-27)18-21-34-37(30)48-39(45-34)36-11-8-22-49(36)41(51)53-43(4,5)6/h12-17,19-20,23-24,31-32,36H,7-11,18,21-22H2,1-6H3,(H,44,46)(H,45,48)(H,47,50)/t31-,32?,36?/m0/s1. The van der Waals surface area contributed by atoms with Crippen LogP contribution >= 0.6 is 0 Å². The molecule has 3 aromatic carbocycles. The molecular formula is C43H50N6O4. The van der Waals surface area contributed by atoms with Gasteiger partial charge in [0.25, 0.3) is 0 Å². The summed E-state index contributed by atoms with van der Waals surface area (Å²) >= 11 is 0. The molecule has 1 saturated carbocycles. The number of imidazole rings is 2. The maximum absolute atomic E-state index is 13.0. The minimum Gasteiger partial charge on any atom is -0.444 e. The van der Waals surface area contributed by atoms with Crippen molar-refractivity contribution in [1.82, 2.24) is 30.2 Å². The van der Waals surface area contributed by atoms with Gasteiger partial charge in [0.05, 0.1) is 22.8 Å². The molecule has 3 atom stereocenters. The van der Waals surface area contributed by atoms with Gasteiger partial charge in [0.1, 0.15) is 22.9 Å². The predicted octanol–water partition coefficient (Wildman–Crippen LogP) is 9.62. The van der Waals surface area contributed by atoms with Gasteiger partial charge in [0.15, 0.2) is 0 Å². The van der Waals surface area contributed by atoms with Crippen molar-refractivity contribution in [2.24, 2.45) is 0 Å². The van der Waals surface area contributed by atoms with E-state index in [9.17, 15) is 9.59 Å². The highest BCUT2D eigenvalue weighted by Crippen LogP contribution is 2.39. The van der Waals surface area contributed by atoms with Gasteiger partial charge < -0.3 is 24.8 Å². The van der Waals surface area contributed by atoms with Gasteiger partial charge in [-0.2, -0.15) is 0 Å². The van der Waals surface area contributed by atoms with Crippen LogP contribution in [0.25, 0.3) is 44.5 Å². The third-order valence-corrected chi connectivity index (χ3v) is 10.6. The van der Waals surface area contributed by atoms with Crippen molar-refractivity contribution < 1.29 is 19.1 Å². The van der Waals surface area contributed by atoms with E-state index in [1.165, 1.54) is 16.7 Å². The van der Waals surface area contributed by atoms with Crippen molar-refractivity contribution in [3.8, 4) is 33.5 Å². The van der Waals surface area contributed by atoms with Crippen LogP contribution in [0.3, 0.4) is 0 Å². The summed E-state index contributed by atoms with van der Waals surface area (Å²) in [5.74, 6) is 1.89. The van der Waals surface area contributed by atoms with Gasteiger partial charge in [-0.15, -0.1) is 0 Å². The monoisotopic (exact) mass is 714 g/mol. The van der Waals surface area contributed by atoms with Crippen LogP contribution in [0.15, 0.2) is 60.7 Å². The summed E-state index contributed by atoms with van der Waals surface area (Å²) in [5.41, 5.74) is 10.0. The topological polar surface area (TPSA) is 125 Å². The molecule has 0 spiro atoms. The molecule has 3 heterocycles. The molecule has 3 aliphatic rings. The number of rotatable bonds is 5. The summed E-state index contributed by atoms with van der Waals surface area (Å²) < 4.78 is 11.2. The number of benzene rings is 3. The quantitative estimate of drug-likeness (QED) is 0.167. The Labute approximate surface area is 311 Å². The van der Waals surface area contributed by atoms with Crippen LogP contribution in [0.2, 0.25) is 0 Å². The summed E-state index contributed by atoms with van der Waals surface area (Å²) in [4.78, 5) is 44.5. The van der Waals surface area contributed by atoms with E-state index in [4.69, 9.17) is 19.4 Å². The molecular weight excluding hydrogens is 665 g/mol. The van der Waals surface area contributed by atoms with Crippen molar-refractivity contribution in [3.05, 3.63) is 83.6 Å². The Balaban J connectivity index is 0.970. The van der Waals surface area contributed by atoms with E-state index in [0.29, 0.717) is 6.54 Å². The van der Waals surface area contributed by atoms with Gasteiger partial charge in [-0.05, 0) is 120 Å². The van der Waals surface area contributed by atoms with E-state index in [1.807, 2.05) is 46.4 Å². The van der Waals surface area contributed by atoms with E-state index in [-0.39, 0.29) is 30.2 Å². The van der Waals surface area contributed by atoms with E-state index >= 15 is 0 Å². The van der Waals surface area contributed by atoms with Crippen molar-refractivity contribution in [1.29, 1.82) is 0 Å². The first kappa shape index (κ1) is 34.9. The number of hydrogen-bond donors (Lipinski definition) is 3. The number of ether oxygens (including phenoxy) is 2. The third-order valence-electron chi connectivity index (χ3n) is 10.6. The number of hydrogen-bond acceptors (Lipinski definition) is 6. The first-order valence-electron chi connectivity index (χ1n) is 19.1. The molecule has 8 rings (SSSR count). The number of aryl methyl sites for hydroxylation is 2. The van der Waals surface area contributed by atoms with E-state index in [2.05, 4.69) is 75.9 Å². The van der Waals surface area contributed by atoms with Gasteiger partial charge in [-0.1, -0.05) is 55.0 Å². The predicted molar refractivity (Wildman–Crippen MR) is 207 cm³/mol. The molecule has 5 aromatic rings. The van der Waals surface area contributed by atoms with Gasteiger partial charge in [-0.25, -0.2) is 19.6 Å². The second-order valence-electron chi connectivity index (χ2n) is 16.9. The Kier molecular flexibility index (Phi) is 8.82. The number of amides is 2. The molecule has 2 aromatic heterocycles. The number of likely N-dealkylation sites (tertiary alicyclic amines) is 1. The molecule has 2 unspecified atom stereocenters. The summed E-state index contributed by atoms with van der Waals surface area (Å²) in [6.45, 7) is 12.0. The minimum absolute atomic E-state index is 0.00600. The third kappa shape index (κ3) is 7.28. The number of carbonyl (C=O) groups is 2. The molecule has 1 aliphatic heterocycles. The Morgan fingerprint density at radius 1 is 0.755 bits per heavy atom. The average molecular weight is 715 g/mol. The molecule has 3 N–H and O–H groups in total. The molecule has 2 aliphatic carbocycles. The van der Waals surface area contributed by atoms with Crippen molar-refractivity contribution in [2.75, 3.05) is 6.54 Å². The molecule has 2 fully saturated rings. The number of H-pyrrole nitrogens is 2. The van der Waals surface area contributed by atoms with Crippen LogP contribution in [-0.4, -0.2) is 60.8 Å². The van der Waals surface area contributed by atoms with Crippen LogP contribution in [0, 0.1) is 0 Å². The fraction of sp³-hybridized carbons (Fsp3) is 0.442. The Hall–Kier alpha value is -5.12. The number of fused-ring (bicyclic) bond motifs is 4. The van der Waals surface area contributed by atoms with E-state index < -0.39 is 11.2 Å². The highest BCUT2D eigenvalue weighted by atomic mass is 16.6. The summed E-state index contributed by atoms with van der Waals surface area (Å²) in [6.07, 6.45) is 5.89. The van der Waals surface area contributed by atoms with E-state index in [1.54, 1.807) is 0 Å². The van der Waals surface area contributed by atoms with Crippen LogP contribution < -0.4 is 5.32 Å². The highest BCUT2D eigenvalue weighted by molar-refractivity contribution is 5.83. The zero-order chi connectivity index (χ0) is 37.1. The Bertz CT molecular complexity index is 2170. The van der Waals surface area contributed by atoms with Crippen molar-refractivity contribution >= 4 is 23.2 Å². The average Bonchev–Trinajstić information content (AvgIpc) is 3.91. The molecule has 1 saturated heterocycles. The fourth-order valence-electron chi connectivity index (χ4n) is 8.21. The van der Waals surface area contributed by atoms with Gasteiger partial charge in [-0.3, -0.25) is 4.90 Å². The highest BCUT2D eigenvalue weighted by Gasteiger charge is 2.36. The van der Waals surface area contributed by atoms with Gasteiger partial charge >= 0.3 is 12.2 Å². The number of nitrogens with one attached hydrogen (secondary N) is 3. The van der Waals surface area contributed by atoms with Gasteiger partial charge in [0, 0.05) is 29.8 Å². The molecule has 10 heteroatoms. The fourth-order valence-corrected chi connectivity index (χ4v) is 8.21. The molecule has 0 radical (unpaired) electrons. The van der Waals surface area contributed by atoms with Crippen LogP contribution in [0.4, 0.5) is 9.59 Å². The van der Waals surface area contributed by atoms with Crippen molar-refractivity contribution in [2.45, 2.75) is 116 Å². The zero-order valence-corrected chi connectivity index (χ0v) is 31.6. The van der Waals surface area contributed by atoms with Gasteiger partial charge in [0.2, 0.25) is 0 Å². The summed E-state index contributed by atoms with van der Waals surface area (Å²) in [6, 6.07) is 21.7. The number of carbonyl (C=O) groups excluding carboxylic acids is 2. The summed E-state index contributed by atoms with van der Waals surface area (Å²) in [7, 11) is 0. The number of nitrogens with zero attached hydrogens (tertiary/aromatic N) is 3. The lowest BCUT2D eigenvalue weighted by Crippen LogP contribution is -2.40. The first-order chi connectivity index (χ1) is 25.3. The number of alkyl carbamates (subject to hydrolysis) is 1. The summed E-state index contributed by atoms with van der Waals surface area (Å²) in [5, 5.41) is 3.09. The van der Waals surface area contributed by atoms with Crippen molar-refractivity contribution in [3.63, 3.8) is 0 Å². The van der Waals surface area contributed by atoms with E-state index in [0.717, 1.165) is 95.7 Å². The lowest BCUT2D eigenvalue weighted by Gasteiger charge is -2.27. The van der Waals surface area contributed by atoms with Crippen LogP contribution in [-0.2, 0) is 22.3 Å². The molecule has 276 valence electrons. The Morgan fingerprint density at radius 2 is 1.45 bits per heavy atom. The maximum atomic E-state index is 13.0. The minimum atomic E-state index is -0.534. The smallest absolute Gasteiger partial charge is 0.410 e. The largest absolute Gasteiger partial charge is 0.444 e. The zero-order valence-electron chi connectivity index (χ0n) is 31.6. The first-order valence-corrected chi connectivity index (χ1v) is 19.1. The molecule has 0 bridgehead atoms. The number of aromatic nitrogens is 4.